The number of nitrogens with one attached hydrogen (secondary N) is 1. The Balaban J connectivity index is 0.000000178. The van der Waals surface area contributed by atoms with Gasteiger partial charge in [-0.1, -0.05) is 151 Å². The van der Waals surface area contributed by atoms with Gasteiger partial charge < -0.3 is 119 Å². The maximum Gasteiger partial charge on any atom is 0.454 e. The Morgan fingerprint density at radius 2 is 0.713 bits per heavy atom. The van der Waals surface area contributed by atoms with Crippen LogP contribution in [0.1, 0.15) is 183 Å². The number of unbranched alkanes of at least 4 members (excludes halogenated alkanes) is 1. The van der Waals surface area contributed by atoms with Crippen LogP contribution in [0.4, 0.5) is 9.59 Å². The Labute approximate surface area is 800 Å². The number of fused-ring (bicyclic) bond motifs is 2. The largest absolute Gasteiger partial charge is 0.454 e. The minimum Gasteiger partial charge on any atom is -0.445 e. The molecule has 8 aromatic rings. The minimum atomic E-state index is -1.29. The number of aryl methyl sites for hydroxylation is 2. The highest BCUT2D eigenvalue weighted by atomic mass is 16.6. The summed E-state index contributed by atoms with van der Waals surface area (Å²) < 4.78 is 10.5. The van der Waals surface area contributed by atoms with Crippen LogP contribution < -0.4 is 5.32 Å². The van der Waals surface area contributed by atoms with Gasteiger partial charge in [0.15, 0.2) is 0 Å². The fourth-order valence-corrected chi connectivity index (χ4v) is 17.0. The zero-order valence-electron chi connectivity index (χ0n) is 78.7. The van der Waals surface area contributed by atoms with Crippen LogP contribution in [0.25, 0.3) is 21.8 Å². The Bertz CT molecular complexity index is 4790. The average Bonchev–Trinajstić information content (AvgIpc) is 0.826. The normalized spacial score (nSPS) is 16.5. The predicted octanol–water partition coefficient (Wildman–Crippen LogP) is 7.93. The molecule has 0 atom stereocenters. The molecule has 136 heavy (non-hydrogen) atoms. The van der Waals surface area contributed by atoms with Gasteiger partial charge in [0.25, 0.3) is 17.7 Å². The third-order valence-corrected chi connectivity index (χ3v) is 25.8. The first-order valence-corrected chi connectivity index (χ1v) is 47.6. The van der Waals surface area contributed by atoms with E-state index in [1.165, 1.54) is 5.56 Å². The summed E-state index contributed by atoms with van der Waals surface area (Å²) in [7, 11) is -8.91. The van der Waals surface area contributed by atoms with Crippen molar-refractivity contribution in [3.8, 4) is 0 Å². The molecule has 6 aromatic carbocycles. The van der Waals surface area contributed by atoms with Gasteiger partial charge in [0.1, 0.15) is 17.9 Å². The second-order valence-electron chi connectivity index (χ2n) is 36.8. The molecule has 0 radical (unpaired) electrons. The van der Waals surface area contributed by atoms with E-state index in [0.29, 0.717) is 218 Å². The predicted molar refractivity (Wildman–Crippen MR) is 526 cm³/mol. The molecule has 2 aromatic heterocycles. The second-order valence-corrected chi connectivity index (χ2v) is 36.8. The van der Waals surface area contributed by atoms with Gasteiger partial charge >= 0.3 is 62.0 Å². The van der Waals surface area contributed by atoms with E-state index < -0.39 is 55.4 Å². The van der Waals surface area contributed by atoms with E-state index in [1.807, 2.05) is 196 Å². The third kappa shape index (κ3) is 37.0. The van der Waals surface area contributed by atoms with Gasteiger partial charge in [-0.2, -0.15) is 0 Å². The van der Waals surface area contributed by atoms with E-state index in [2.05, 4.69) is 27.4 Å². The smallest absolute Gasteiger partial charge is 0.445 e. The molecular formula is C96H135B7N10O23. The molecule has 7 fully saturated rings. The molecule has 728 valence electrons. The zero-order valence-corrected chi connectivity index (χ0v) is 78.7. The summed E-state index contributed by atoms with van der Waals surface area (Å²) >= 11 is 0. The lowest BCUT2D eigenvalue weighted by Crippen LogP contribution is -2.43. The molecule has 7 aliphatic rings. The number of hydrogen-bond acceptors (Lipinski definition) is 26. The molecule has 0 spiro atoms. The van der Waals surface area contributed by atoms with Gasteiger partial charge in [-0.05, 0) is 231 Å². The van der Waals surface area contributed by atoms with Crippen molar-refractivity contribution in [3.05, 3.63) is 227 Å². The van der Waals surface area contributed by atoms with Crippen molar-refractivity contribution >= 4 is 113 Å². The molecule has 33 nitrogen and oxygen atoms in total. The molecule has 0 saturated carbocycles. The number of para-hydroxylation sites is 2. The van der Waals surface area contributed by atoms with Gasteiger partial charge in [0, 0.05) is 127 Å². The van der Waals surface area contributed by atoms with Crippen LogP contribution in [0, 0.1) is 6.92 Å². The first-order chi connectivity index (χ1) is 65.2. The zero-order chi connectivity index (χ0) is 98.2. The molecule has 15 N–H and O–H groups in total. The van der Waals surface area contributed by atoms with Crippen molar-refractivity contribution < 1.29 is 113 Å². The summed E-state index contributed by atoms with van der Waals surface area (Å²) in [6.07, 6.45) is 13.3. The Morgan fingerprint density at radius 1 is 0.360 bits per heavy atom. The van der Waals surface area contributed by atoms with E-state index in [0.717, 1.165) is 57.8 Å². The summed E-state index contributed by atoms with van der Waals surface area (Å²) in [6.45, 7) is 16.7. The number of ether oxygens (including phenoxy) is 2. The lowest BCUT2D eigenvalue weighted by Gasteiger charge is -2.33. The fourth-order valence-electron chi connectivity index (χ4n) is 17.0. The second kappa shape index (κ2) is 56.7. The molecule has 7 amide bonds. The number of pyridine rings is 2. The topological polar surface area (TPSA) is 482 Å². The number of carbonyl (C=O) groups is 7. The molecule has 15 rings (SSSR count). The number of nitrogens with zero attached hydrogens (tertiary/aromatic N) is 9. The maximum atomic E-state index is 12.5. The van der Waals surface area contributed by atoms with Gasteiger partial charge in [-0.3, -0.25) is 29.0 Å². The number of rotatable bonds is 21. The summed E-state index contributed by atoms with van der Waals surface area (Å²) in [5, 5.41) is 133. The van der Waals surface area contributed by atoms with E-state index >= 15 is 0 Å². The van der Waals surface area contributed by atoms with Gasteiger partial charge in [0.05, 0.1) is 23.1 Å². The number of benzene rings is 6. The van der Waals surface area contributed by atoms with Crippen LogP contribution in [0.2, 0.25) is 40.7 Å². The standard InChI is InChI=1S/C16H24BNO3.2C15H17BN2O3.C14H21BN2O3.C13H18BNO4.C13H18BNO3.C10H20BNO4/c19-16(18-12-10-15(11-13-18)17(20)21)9-5-4-8-14-6-2-1-3-7-14;19-15(18-7-5-13(6-8-18)16(20)21)12-9-11-3-1-2-4-14(11)17-10-12;19-15(18-9-7-12(8-10-18)16(20)21)14-6-5-11-3-1-2-4-13(11)17-14;18-14(11-16-10-12-4-2-1-3-5-12)17-8-6-13(7-9-17)15(19)20;16-13(19-10-11-4-2-1-3-5-11)15-8-6-12(7-9-15)14(17)18;1-10-2-4-11(5-3-10)13(16)15-8-6-12(7-9-15)14(17)18;1-10(2,3)16-9(13)12-6-4-8(5-7-12)11(14)15/h1-3,6-7,15,20-21H,4-5,8-13H2;1-4,9-10,13,20-21H,5-8H2;1-6,12,20-21H,7-10H2;1-5,13,16,19-20H,6-11H2;1-5,12,17-18H,6-10H2;2-5,12,17-18H,6-9H2,1H3;8,14-15H,4-7H2,1-3H3. The molecule has 0 bridgehead atoms. The molecule has 9 heterocycles. The van der Waals surface area contributed by atoms with E-state index in [-0.39, 0.29) is 89.1 Å². The molecule has 7 aliphatic heterocycles. The highest BCUT2D eigenvalue weighted by molar-refractivity contribution is 6.45. The summed E-state index contributed by atoms with van der Waals surface area (Å²) in [4.78, 5) is 106. The van der Waals surface area contributed by atoms with Gasteiger partial charge in [-0.25, -0.2) is 14.6 Å². The van der Waals surface area contributed by atoms with Crippen LogP contribution in [-0.4, -0.2) is 310 Å². The van der Waals surface area contributed by atoms with E-state index in [9.17, 15) is 53.7 Å². The lowest BCUT2D eigenvalue weighted by atomic mass is 9.67. The Kier molecular flexibility index (Phi) is 45.7. The SMILES string of the molecule is CC(C)(C)OC(=O)N1CCC(B(O)O)CC1.Cc1ccc(C(=O)N2CCC(B(O)O)CC2)cc1.O=C(CCCCc1ccccc1)N1CCC(B(O)O)CC1.O=C(CNCc1ccccc1)N1CCC(B(O)O)CC1.O=C(OCc1ccccc1)N1CCC(B(O)O)CC1.O=C(c1ccc2ccccc2n1)N1CCC(B(O)O)CC1.O=C(c1cnc2ccccc2c1)N1CCC(B(O)O)CC1. The van der Waals surface area contributed by atoms with Crippen molar-refractivity contribution in [2.45, 2.75) is 203 Å². The van der Waals surface area contributed by atoms with Crippen LogP contribution in [0.15, 0.2) is 188 Å². The summed E-state index contributed by atoms with van der Waals surface area (Å²) in [5.41, 5.74) is 7.48. The molecule has 0 unspecified atom stereocenters. The highest BCUT2D eigenvalue weighted by Crippen LogP contribution is 2.32. The summed E-state index contributed by atoms with van der Waals surface area (Å²) in [6, 6.07) is 58.2. The highest BCUT2D eigenvalue weighted by Gasteiger charge is 2.38. The number of amides is 7. The summed E-state index contributed by atoms with van der Waals surface area (Å²) in [5.74, 6) is -0.651. The van der Waals surface area contributed by atoms with Crippen molar-refractivity contribution in [1.29, 1.82) is 0 Å². The third-order valence-electron chi connectivity index (χ3n) is 25.8. The van der Waals surface area contributed by atoms with E-state index in [4.69, 9.17) is 59.7 Å². The first kappa shape index (κ1) is 110. The number of aromatic nitrogens is 2. The Morgan fingerprint density at radius 3 is 1.14 bits per heavy atom. The van der Waals surface area contributed by atoms with Crippen LogP contribution >= 0.6 is 0 Å². The van der Waals surface area contributed by atoms with Crippen molar-refractivity contribution in [3.63, 3.8) is 0 Å². The monoisotopic (exact) mass is 1870 g/mol. The first-order valence-electron chi connectivity index (χ1n) is 47.6. The quantitative estimate of drug-likeness (QED) is 0.0240. The molecule has 7 saturated heterocycles. The Hall–Kier alpha value is -10.1. The van der Waals surface area contributed by atoms with Crippen LogP contribution in [0.3, 0.4) is 0 Å². The number of hydrogen-bond donors (Lipinski definition) is 15. The van der Waals surface area contributed by atoms with E-state index in [1.54, 1.807) is 41.7 Å². The van der Waals surface area contributed by atoms with Crippen molar-refractivity contribution in [2.75, 3.05) is 98.2 Å². The molecular weight excluding hydrogens is 1740 g/mol. The lowest BCUT2D eigenvalue weighted by molar-refractivity contribution is -0.132. The van der Waals surface area contributed by atoms with Gasteiger partial charge in [0.2, 0.25) is 11.8 Å². The van der Waals surface area contributed by atoms with Crippen LogP contribution in [0.5, 0.6) is 0 Å². The van der Waals surface area contributed by atoms with Crippen molar-refractivity contribution in [2.24, 2.45) is 0 Å². The molecule has 40 heteroatoms. The van der Waals surface area contributed by atoms with Crippen molar-refractivity contribution in [1.82, 2.24) is 49.6 Å². The fraction of sp³-hybridized carbons (Fsp3) is 0.490. The number of carbonyl (C=O) groups excluding carboxylic acids is 7. The number of piperidine rings is 7. The maximum absolute atomic E-state index is 12.5. The molecule has 0 aliphatic carbocycles. The minimum absolute atomic E-state index is 0.0286. The number of likely N-dealkylation sites (tertiary alicyclic amines) is 7. The average molecular weight is 1870 g/mol. The van der Waals surface area contributed by atoms with Crippen LogP contribution in [-0.2, 0) is 38.6 Å². The van der Waals surface area contributed by atoms with Gasteiger partial charge in [-0.15, -0.1) is 0 Å².